The van der Waals surface area contributed by atoms with Crippen molar-refractivity contribution in [1.29, 1.82) is 0 Å². The zero-order chi connectivity index (χ0) is 12.1. The Morgan fingerprint density at radius 3 is 2.75 bits per heavy atom. The molecule has 4 heteroatoms. The van der Waals surface area contributed by atoms with Gasteiger partial charge < -0.3 is 10.6 Å². The van der Waals surface area contributed by atoms with E-state index in [1.807, 2.05) is 11.8 Å². The number of hydrogen-bond donors (Lipinski definition) is 1. The molecule has 1 heterocycles. The third kappa shape index (κ3) is 3.19. The van der Waals surface area contributed by atoms with Crippen molar-refractivity contribution in [3.63, 3.8) is 0 Å². The summed E-state index contributed by atoms with van der Waals surface area (Å²) in [5.41, 5.74) is 5.49. The highest BCUT2D eigenvalue weighted by molar-refractivity contribution is 5.78. The van der Waals surface area contributed by atoms with Gasteiger partial charge in [0, 0.05) is 31.6 Å². The number of nitrogens with zero attached hydrogens (tertiary/aromatic N) is 2. The van der Waals surface area contributed by atoms with Crippen molar-refractivity contribution in [2.24, 2.45) is 11.7 Å². The molecule has 1 fully saturated rings. The van der Waals surface area contributed by atoms with E-state index in [9.17, 15) is 4.79 Å². The number of likely N-dealkylation sites (N-methyl/N-ethyl adjacent to an activating group) is 1. The average molecular weight is 227 g/mol. The zero-order valence-electron chi connectivity index (χ0n) is 10.8. The predicted octanol–water partition coefficient (Wildman–Crippen LogP) is 0.524. The largest absolute Gasteiger partial charge is 0.340 e. The number of carbonyl (C=O) groups excluding carboxylic acids is 1. The van der Waals surface area contributed by atoms with Crippen LogP contribution in [0.4, 0.5) is 0 Å². The van der Waals surface area contributed by atoms with Gasteiger partial charge >= 0.3 is 0 Å². The van der Waals surface area contributed by atoms with Crippen LogP contribution in [0.3, 0.4) is 0 Å². The molecule has 0 aliphatic carbocycles. The van der Waals surface area contributed by atoms with Crippen LogP contribution < -0.4 is 5.73 Å². The van der Waals surface area contributed by atoms with Crippen LogP contribution in [-0.4, -0.2) is 55.0 Å². The summed E-state index contributed by atoms with van der Waals surface area (Å²) in [4.78, 5) is 16.5. The van der Waals surface area contributed by atoms with Crippen LogP contribution in [0.1, 0.15) is 26.7 Å². The van der Waals surface area contributed by atoms with Crippen molar-refractivity contribution in [2.75, 3.05) is 33.2 Å². The van der Waals surface area contributed by atoms with Crippen molar-refractivity contribution in [2.45, 2.75) is 32.7 Å². The van der Waals surface area contributed by atoms with E-state index in [1.54, 1.807) is 0 Å². The van der Waals surface area contributed by atoms with Crippen molar-refractivity contribution in [1.82, 2.24) is 9.80 Å². The van der Waals surface area contributed by atoms with Crippen molar-refractivity contribution >= 4 is 5.91 Å². The summed E-state index contributed by atoms with van der Waals surface area (Å²) in [7, 11) is 2.14. The van der Waals surface area contributed by atoms with Gasteiger partial charge in [-0.3, -0.25) is 9.69 Å². The third-order valence-corrected chi connectivity index (χ3v) is 3.58. The van der Waals surface area contributed by atoms with Gasteiger partial charge in [-0.15, -0.1) is 0 Å². The molecule has 1 rings (SSSR count). The molecule has 2 N–H and O–H groups in total. The van der Waals surface area contributed by atoms with Gasteiger partial charge in [0.05, 0.1) is 0 Å². The first kappa shape index (κ1) is 13.5. The number of rotatable bonds is 4. The molecule has 1 aliphatic heterocycles. The second kappa shape index (κ2) is 6.21. The van der Waals surface area contributed by atoms with Gasteiger partial charge in [-0.2, -0.15) is 0 Å². The van der Waals surface area contributed by atoms with Crippen molar-refractivity contribution < 1.29 is 4.79 Å². The smallest absolute Gasteiger partial charge is 0.225 e. The SMILES string of the molecule is CCC1CN(C(=O)C(C)CCN)CCN1C. The molecule has 1 amide bonds. The molecule has 0 aromatic rings. The fourth-order valence-corrected chi connectivity index (χ4v) is 2.27. The molecule has 1 aliphatic rings. The number of carbonyl (C=O) groups is 1. The van der Waals surface area contributed by atoms with Gasteiger partial charge in [-0.05, 0) is 26.4 Å². The maximum absolute atomic E-state index is 12.1. The molecule has 0 aromatic heterocycles. The highest BCUT2D eigenvalue weighted by atomic mass is 16.2. The van der Waals surface area contributed by atoms with E-state index in [0.29, 0.717) is 12.6 Å². The number of amides is 1. The first-order chi connectivity index (χ1) is 7.60. The molecule has 2 unspecified atom stereocenters. The summed E-state index contributed by atoms with van der Waals surface area (Å²) >= 11 is 0. The fourth-order valence-electron chi connectivity index (χ4n) is 2.27. The van der Waals surface area contributed by atoms with E-state index in [1.165, 1.54) is 0 Å². The molecule has 94 valence electrons. The minimum atomic E-state index is 0.0749. The minimum Gasteiger partial charge on any atom is -0.340 e. The second-order valence-corrected chi connectivity index (χ2v) is 4.81. The van der Waals surface area contributed by atoms with Gasteiger partial charge in [-0.1, -0.05) is 13.8 Å². The van der Waals surface area contributed by atoms with Crippen LogP contribution in [0, 0.1) is 5.92 Å². The van der Waals surface area contributed by atoms with Gasteiger partial charge in [0.15, 0.2) is 0 Å². The summed E-state index contributed by atoms with van der Waals surface area (Å²) < 4.78 is 0. The van der Waals surface area contributed by atoms with Gasteiger partial charge in [0.25, 0.3) is 0 Å². The van der Waals surface area contributed by atoms with Crippen LogP contribution in [-0.2, 0) is 4.79 Å². The van der Waals surface area contributed by atoms with Crippen LogP contribution in [0.5, 0.6) is 0 Å². The van der Waals surface area contributed by atoms with Crippen LogP contribution in [0.15, 0.2) is 0 Å². The minimum absolute atomic E-state index is 0.0749. The van der Waals surface area contributed by atoms with Gasteiger partial charge in [0.2, 0.25) is 5.91 Å². The Bertz CT molecular complexity index is 232. The Labute approximate surface area is 98.8 Å². The number of piperazine rings is 1. The fraction of sp³-hybridized carbons (Fsp3) is 0.917. The first-order valence-electron chi connectivity index (χ1n) is 6.29. The van der Waals surface area contributed by atoms with Crippen molar-refractivity contribution in [3.8, 4) is 0 Å². The lowest BCUT2D eigenvalue weighted by Crippen LogP contribution is -2.54. The second-order valence-electron chi connectivity index (χ2n) is 4.81. The van der Waals surface area contributed by atoms with E-state index in [4.69, 9.17) is 5.73 Å². The Hall–Kier alpha value is -0.610. The van der Waals surface area contributed by atoms with Crippen molar-refractivity contribution in [3.05, 3.63) is 0 Å². The van der Waals surface area contributed by atoms with E-state index in [0.717, 1.165) is 32.5 Å². The molecular formula is C12H25N3O. The maximum atomic E-state index is 12.1. The lowest BCUT2D eigenvalue weighted by atomic mass is 10.0. The summed E-state index contributed by atoms with van der Waals surface area (Å²) in [6.07, 6.45) is 1.90. The predicted molar refractivity (Wildman–Crippen MR) is 66.1 cm³/mol. The van der Waals surface area contributed by atoms with E-state index in [-0.39, 0.29) is 11.8 Å². The number of nitrogens with two attached hydrogens (primary N) is 1. The Morgan fingerprint density at radius 2 is 2.19 bits per heavy atom. The maximum Gasteiger partial charge on any atom is 0.225 e. The quantitative estimate of drug-likeness (QED) is 0.762. The van der Waals surface area contributed by atoms with E-state index >= 15 is 0 Å². The van der Waals surface area contributed by atoms with E-state index < -0.39 is 0 Å². The van der Waals surface area contributed by atoms with E-state index in [2.05, 4.69) is 18.9 Å². The molecular weight excluding hydrogens is 202 g/mol. The number of hydrogen-bond acceptors (Lipinski definition) is 3. The molecule has 0 aromatic carbocycles. The Kier molecular flexibility index (Phi) is 5.22. The molecule has 4 nitrogen and oxygen atoms in total. The summed E-state index contributed by atoms with van der Waals surface area (Å²) in [6.45, 7) is 7.48. The molecule has 1 saturated heterocycles. The van der Waals surface area contributed by atoms with Gasteiger partial charge in [0.1, 0.15) is 0 Å². The molecule has 0 saturated carbocycles. The van der Waals surface area contributed by atoms with Crippen LogP contribution >= 0.6 is 0 Å². The average Bonchev–Trinajstić information content (AvgIpc) is 2.29. The summed E-state index contributed by atoms with van der Waals surface area (Å²) in [6, 6.07) is 0.516. The topological polar surface area (TPSA) is 49.6 Å². The lowest BCUT2D eigenvalue weighted by molar-refractivity contribution is -0.138. The molecule has 0 radical (unpaired) electrons. The third-order valence-electron chi connectivity index (χ3n) is 3.58. The van der Waals surface area contributed by atoms with Crippen LogP contribution in [0.2, 0.25) is 0 Å². The Morgan fingerprint density at radius 1 is 1.50 bits per heavy atom. The molecule has 0 spiro atoms. The normalized spacial score (nSPS) is 24.5. The Balaban J connectivity index is 2.51. The summed E-state index contributed by atoms with van der Waals surface area (Å²) in [5.74, 6) is 0.350. The molecule has 16 heavy (non-hydrogen) atoms. The summed E-state index contributed by atoms with van der Waals surface area (Å²) in [5, 5.41) is 0. The van der Waals surface area contributed by atoms with Crippen LogP contribution in [0.25, 0.3) is 0 Å². The lowest BCUT2D eigenvalue weighted by Gasteiger charge is -2.40. The zero-order valence-corrected chi connectivity index (χ0v) is 10.8. The highest BCUT2D eigenvalue weighted by Crippen LogP contribution is 2.14. The molecule has 2 atom stereocenters. The standard InChI is InChI=1S/C12H25N3O/c1-4-11-9-15(8-7-14(11)3)12(16)10(2)5-6-13/h10-11H,4-9,13H2,1-3H3. The monoisotopic (exact) mass is 227 g/mol. The first-order valence-corrected chi connectivity index (χ1v) is 6.29. The molecule has 0 bridgehead atoms. The van der Waals surface area contributed by atoms with Gasteiger partial charge in [-0.25, -0.2) is 0 Å². The highest BCUT2D eigenvalue weighted by Gasteiger charge is 2.28.